The molecule has 2 saturated heterocycles. The summed E-state index contributed by atoms with van der Waals surface area (Å²) < 4.78 is 5.01. The van der Waals surface area contributed by atoms with Gasteiger partial charge in [0, 0.05) is 38.8 Å². The van der Waals surface area contributed by atoms with Gasteiger partial charge in [-0.2, -0.15) is 0 Å². The Kier molecular flexibility index (Phi) is 4.62. The molecule has 0 aromatic carbocycles. The summed E-state index contributed by atoms with van der Waals surface area (Å²) >= 11 is 0. The Morgan fingerprint density at radius 3 is 2.71 bits per heavy atom. The maximum atomic E-state index is 11.5. The summed E-state index contributed by atoms with van der Waals surface area (Å²) in [7, 11) is 0. The molecule has 2 aliphatic heterocycles. The minimum atomic E-state index is -0.161. The van der Waals surface area contributed by atoms with Gasteiger partial charge >= 0.3 is 6.09 Å². The highest BCUT2D eigenvalue weighted by molar-refractivity contribution is 5.67. The molecule has 2 fully saturated rings. The zero-order valence-electron chi connectivity index (χ0n) is 10.7. The van der Waals surface area contributed by atoms with E-state index in [9.17, 15) is 4.79 Å². The van der Waals surface area contributed by atoms with Crippen molar-refractivity contribution in [1.29, 1.82) is 0 Å². The first-order chi connectivity index (χ1) is 8.29. The lowest BCUT2D eigenvalue weighted by molar-refractivity contribution is 0.0776. The molecule has 2 heterocycles. The predicted octanol–water partition coefficient (Wildman–Crippen LogP) is 0.513. The molecule has 1 unspecified atom stereocenters. The second-order valence-corrected chi connectivity index (χ2v) is 4.78. The normalized spacial score (nSPS) is 26.2. The second-order valence-electron chi connectivity index (χ2n) is 4.78. The molecular formula is C12H23N3O2. The second kappa shape index (κ2) is 6.21. The van der Waals surface area contributed by atoms with Crippen LogP contribution < -0.4 is 5.32 Å². The number of nitrogens with one attached hydrogen (secondary N) is 1. The SMILES string of the molecule is CCOC(=O)N1CCN(CC2CCCN2)CC1. The van der Waals surface area contributed by atoms with Crippen LogP contribution in [0.25, 0.3) is 0 Å². The molecule has 0 aromatic rings. The largest absolute Gasteiger partial charge is 0.450 e. The number of carbonyl (C=O) groups is 1. The first-order valence-electron chi connectivity index (χ1n) is 6.67. The Labute approximate surface area is 103 Å². The van der Waals surface area contributed by atoms with Crippen molar-refractivity contribution in [2.24, 2.45) is 0 Å². The average molecular weight is 241 g/mol. The zero-order valence-corrected chi connectivity index (χ0v) is 10.7. The van der Waals surface area contributed by atoms with Gasteiger partial charge in [-0.1, -0.05) is 0 Å². The molecule has 1 atom stereocenters. The fraction of sp³-hybridized carbons (Fsp3) is 0.917. The molecule has 17 heavy (non-hydrogen) atoms. The number of nitrogens with zero attached hydrogens (tertiary/aromatic N) is 2. The lowest BCUT2D eigenvalue weighted by Gasteiger charge is -2.35. The first kappa shape index (κ1) is 12.6. The fourth-order valence-corrected chi connectivity index (χ4v) is 2.55. The van der Waals surface area contributed by atoms with E-state index in [0.29, 0.717) is 12.6 Å². The third-order valence-electron chi connectivity index (χ3n) is 3.54. The Morgan fingerprint density at radius 1 is 1.35 bits per heavy atom. The van der Waals surface area contributed by atoms with E-state index in [0.717, 1.165) is 39.3 Å². The number of hydrogen-bond donors (Lipinski definition) is 1. The third-order valence-corrected chi connectivity index (χ3v) is 3.54. The van der Waals surface area contributed by atoms with Crippen molar-refractivity contribution >= 4 is 6.09 Å². The molecule has 5 heteroatoms. The van der Waals surface area contributed by atoms with Gasteiger partial charge < -0.3 is 15.0 Å². The van der Waals surface area contributed by atoms with Gasteiger partial charge in [0.05, 0.1) is 6.61 Å². The molecule has 0 bridgehead atoms. The highest BCUT2D eigenvalue weighted by Crippen LogP contribution is 2.09. The fourth-order valence-electron chi connectivity index (χ4n) is 2.55. The summed E-state index contributed by atoms with van der Waals surface area (Å²) in [5.74, 6) is 0. The van der Waals surface area contributed by atoms with Crippen molar-refractivity contribution in [1.82, 2.24) is 15.1 Å². The summed E-state index contributed by atoms with van der Waals surface area (Å²) in [6.07, 6.45) is 2.43. The average Bonchev–Trinajstić information content (AvgIpc) is 2.83. The molecule has 1 N–H and O–H groups in total. The lowest BCUT2D eigenvalue weighted by Crippen LogP contribution is -2.51. The Hall–Kier alpha value is -0.810. The predicted molar refractivity (Wildman–Crippen MR) is 66.1 cm³/mol. The number of rotatable bonds is 3. The first-order valence-corrected chi connectivity index (χ1v) is 6.67. The van der Waals surface area contributed by atoms with Crippen molar-refractivity contribution in [3.63, 3.8) is 0 Å². The van der Waals surface area contributed by atoms with Crippen LogP contribution in [0.1, 0.15) is 19.8 Å². The van der Waals surface area contributed by atoms with Crippen LogP contribution in [0.5, 0.6) is 0 Å². The van der Waals surface area contributed by atoms with E-state index in [1.807, 2.05) is 11.8 Å². The molecule has 0 spiro atoms. The van der Waals surface area contributed by atoms with E-state index < -0.39 is 0 Å². The number of ether oxygens (including phenoxy) is 1. The van der Waals surface area contributed by atoms with Crippen molar-refractivity contribution in [3.8, 4) is 0 Å². The van der Waals surface area contributed by atoms with Gasteiger partial charge in [0.2, 0.25) is 0 Å². The van der Waals surface area contributed by atoms with Crippen LogP contribution in [0, 0.1) is 0 Å². The zero-order chi connectivity index (χ0) is 12.1. The highest BCUT2D eigenvalue weighted by Gasteiger charge is 2.24. The molecule has 98 valence electrons. The minimum Gasteiger partial charge on any atom is -0.450 e. The Bertz CT molecular complexity index is 246. The molecule has 2 rings (SSSR count). The van der Waals surface area contributed by atoms with Crippen molar-refractivity contribution < 1.29 is 9.53 Å². The van der Waals surface area contributed by atoms with Crippen LogP contribution in [0.3, 0.4) is 0 Å². The maximum Gasteiger partial charge on any atom is 0.409 e. The smallest absolute Gasteiger partial charge is 0.409 e. The number of carbonyl (C=O) groups excluding carboxylic acids is 1. The number of hydrogen-bond acceptors (Lipinski definition) is 4. The highest BCUT2D eigenvalue weighted by atomic mass is 16.6. The lowest BCUT2D eigenvalue weighted by atomic mass is 10.2. The van der Waals surface area contributed by atoms with Crippen LogP contribution in [0.2, 0.25) is 0 Å². The topological polar surface area (TPSA) is 44.8 Å². The van der Waals surface area contributed by atoms with Gasteiger partial charge in [0.15, 0.2) is 0 Å². The van der Waals surface area contributed by atoms with Crippen LogP contribution in [0.4, 0.5) is 4.79 Å². The monoisotopic (exact) mass is 241 g/mol. The van der Waals surface area contributed by atoms with E-state index in [2.05, 4.69) is 10.2 Å². The molecule has 5 nitrogen and oxygen atoms in total. The van der Waals surface area contributed by atoms with Gasteiger partial charge in [-0.05, 0) is 26.3 Å². The summed E-state index contributed by atoms with van der Waals surface area (Å²) in [4.78, 5) is 15.8. The molecule has 0 radical (unpaired) electrons. The molecule has 2 aliphatic rings. The maximum absolute atomic E-state index is 11.5. The van der Waals surface area contributed by atoms with E-state index in [4.69, 9.17) is 4.74 Å². The van der Waals surface area contributed by atoms with Gasteiger partial charge in [0.25, 0.3) is 0 Å². The third kappa shape index (κ3) is 3.57. The molecule has 0 aromatic heterocycles. The Balaban J connectivity index is 1.68. The standard InChI is InChI=1S/C12H23N3O2/c1-2-17-12(16)15-8-6-14(7-9-15)10-11-4-3-5-13-11/h11,13H,2-10H2,1H3. The van der Waals surface area contributed by atoms with Gasteiger partial charge in [-0.15, -0.1) is 0 Å². The van der Waals surface area contributed by atoms with E-state index >= 15 is 0 Å². The summed E-state index contributed by atoms with van der Waals surface area (Å²) in [5, 5.41) is 3.51. The van der Waals surface area contributed by atoms with E-state index in [-0.39, 0.29) is 6.09 Å². The summed E-state index contributed by atoms with van der Waals surface area (Å²) in [6.45, 7) is 8.13. The van der Waals surface area contributed by atoms with Gasteiger partial charge in [-0.25, -0.2) is 4.79 Å². The Morgan fingerprint density at radius 2 is 2.12 bits per heavy atom. The van der Waals surface area contributed by atoms with Crippen molar-refractivity contribution in [2.45, 2.75) is 25.8 Å². The molecule has 0 aliphatic carbocycles. The van der Waals surface area contributed by atoms with Crippen LogP contribution in [-0.4, -0.2) is 67.8 Å². The number of amides is 1. The van der Waals surface area contributed by atoms with Crippen molar-refractivity contribution in [2.75, 3.05) is 45.9 Å². The quantitative estimate of drug-likeness (QED) is 0.782. The molecule has 1 amide bonds. The minimum absolute atomic E-state index is 0.161. The van der Waals surface area contributed by atoms with E-state index in [1.165, 1.54) is 12.8 Å². The summed E-state index contributed by atoms with van der Waals surface area (Å²) in [5.41, 5.74) is 0. The summed E-state index contributed by atoms with van der Waals surface area (Å²) in [6, 6.07) is 0.657. The van der Waals surface area contributed by atoms with Crippen LogP contribution in [-0.2, 0) is 4.74 Å². The van der Waals surface area contributed by atoms with Crippen LogP contribution in [0.15, 0.2) is 0 Å². The van der Waals surface area contributed by atoms with E-state index in [1.54, 1.807) is 0 Å². The molecular weight excluding hydrogens is 218 g/mol. The molecule has 0 saturated carbocycles. The van der Waals surface area contributed by atoms with Crippen LogP contribution >= 0.6 is 0 Å². The van der Waals surface area contributed by atoms with Crippen molar-refractivity contribution in [3.05, 3.63) is 0 Å². The van der Waals surface area contributed by atoms with Gasteiger partial charge in [0.1, 0.15) is 0 Å². The van der Waals surface area contributed by atoms with Gasteiger partial charge in [-0.3, -0.25) is 4.90 Å². The number of piperazine rings is 1.